The van der Waals surface area contributed by atoms with Gasteiger partial charge in [0.25, 0.3) is 0 Å². The van der Waals surface area contributed by atoms with E-state index in [9.17, 15) is 4.39 Å². The van der Waals surface area contributed by atoms with Crippen molar-refractivity contribution in [3.63, 3.8) is 0 Å². The van der Waals surface area contributed by atoms with E-state index in [1.165, 1.54) is 12.1 Å². The molecule has 1 rings (SSSR count). The number of rotatable bonds is 5. The van der Waals surface area contributed by atoms with E-state index < -0.39 is 0 Å². The highest BCUT2D eigenvalue weighted by atomic mass is 19.1. The van der Waals surface area contributed by atoms with Crippen LogP contribution < -0.4 is 10.5 Å². The molecule has 84 valence electrons. The molecular formula is C12H18FNO. The van der Waals surface area contributed by atoms with Crippen molar-refractivity contribution in [2.45, 2.75) is 20.3 Å². The van der Waals surface area contributed by atoms with Gasteiger partial charge in [0.05, 0.1) is 6.61 Å². The lowest BCUT2D eigenvalue weighted by Gasteiger charge is -2.21. The summed E-state index contributed by atoms with van der Waals surface area (Å²) in [5.74, 6) is 0.299. The van der Waals surface area contributed by atoms with Crippen molar-refractivity contribution in [2.24, 2.45) is 11.1 Å². The molecule has 15 heavy (non-hydrogen) atoms. The summed E-state index contributed by atoms with van der Waals surface area (Å²) in [7, 11) is 0. The minimum absolute atomic E-state index is 0.0767. The number of nitrogens with two attached hydrogens (primary N) is 1. The second-order valence-corrected chi connectivity index (χ2v) is 4.42. The van der Waals surface area contributed by atoms with Crippen molar-refractivity contribution in [1.29, 1.82) is 0 Å². The van der Waals surface area contributed by atoms with Gasteiger partial charge in [0, 0.05) is 6.07 Å². The van der Waals surface area contributed by atoms with Gasteiger partial charge in [-0.25, -0.2) is 4.39 Å². The van der Waals surface area contributed by atoms with E-state index in [2.05, 4.69) is 13.8 Å². The van der Waals surface area contributed by atoms with E-state index in [1.807, 2.05) is 0 Å². The van der Waals surface area contributed by atoms with Crippen LogP contribution in [0.2, 0.25) is 0 Å². The van der Waals surface area contributed by atoms with Gasteiger partial charge in [-0.1, -0.05) is 19.9 Å². The predicted molar refractivity (Wildman–Crippen MR) is 59.3 cm³/mol. The van der Waals surface area contributed by atoms with Crippen molar-refractivity contribution in [1.82, 2.24) is 0 Å². The molecule has 0 amide bonds. The average Bonchev–Trinajstić information content (AvgIpc) is 2.18. The Morgan fingerprint density at radius 3 is 2.73 bits per heavy atom. The molecule has 3 heteroatoms. The molecule has 0 fully saturated rings. The van der Waals surface area contributed by atoms with Crippen LogP contribution in [-0.2, 0) is 0 Å². The van der Waals surface area contributed by atoms with Crippen molar-refractivity contribution in [3.8, 4) is 5.75 Å². The fourth-order valence-corrected chi connectivity index (χ4v) is 1.10. The SMILES string of the molecule is CC(C)(CN)CCOc1cccc(F)c1. The molecule has 0 saturated carbocycles. The fourth-order valence-electron chi connectivity index (χ4n) is 1.10. The minimum Gasteiger partial charge on any atom is -0.493 e. The number of benzene rings is 1. The third-order valence-corrected chi connectivity index (χ3v) is 2.40. The highest BCUT2D eigenvalue weighted by Gasteiger charge is 2.15. The second-order valence-electron chi connectivity index (χ2n) is 4.42. The molecular weight excluding hydrogens is 193 g/mol. The molecule has 0 unspecified atom stereocenters. The Labute approximate surface area is 90.2 Å². The van der Waals surface area contributed by atoms with E-state index in [0.29, 0.717) is 18.9 Å². The summed E-state index contributed by atoms with van der Waals surface area (Å²) in [4.78, 5) is 0. The Hall–Kier alpha value is -1.09. The molecule has 0 aliphatic carbocycles. The standard InChI is InChI=1S/C12H18FNO/c1-12(2,9-14)6-7-15-11-5-3-4-10(13)8-11/h3-5,8H,6-7,9,14H2,1-2H3. The summed E-state index contributed by atoms with van der Waals surface area (Å²) < 4.78 is 18.2. The Bertz CT molecular complexity index is 312. The van der Waals surface area contributed by atoms with Crippen molar-refractivity contribution in [3.05, 3.63) is 30.1 Å². The summed E-state index contributed by atoms with van der Waals surface area (Å²) in [6.45, 7) is 5.36. The maximum atomic E-state index is 12.8. The monoisotopic (exact) mass is 211 g/mol. The highest BCUT2D eigenvalue weighted by molar-refractivity contribution is 5.22. The van der Waals surface area contributed by atoms with E-state index in [-0.39, 0.29) is 11.2 Å². The van der Waals surface area contributed by atoms with E-state index in [1.54, 1.807) is 12.1 Å². The molecule has 0 atom stereocenters. The van der Waals surface area contributed by atoms with Gasteiger partial charge in [-0.05, 0) is 30.5 Å². The third kappa shape index (κ3) is 4.30. The quantitative estimate of drug-likeness (QED) is 0.812. The van der Waals surface area contributed by atoms with Crippen LogP contribution in [-0.4, -0.2) is 13.2 Å². The van der Waals surface area contributed by atoms with Gasteiger partial charge in [-0.15, -0.1) is 0 Å². The molecule has 0 aliphatic rings. The summed E-state index contributed by atoms with van der Waals surface area (Å²) in [6, 6.07) is 6.17. The van der Waals surface area contributed by atoms with Gasteiger partial charge in [0.1, 0.15) is 11.6 Å². The number of halogens is 1. The van der Waals surface area contributed by atoms with Crippen LogP contribution >= 0.6 is 0 Å². The van der Waals surface area contributed by atoms with E-state index in [0.717, 1.165) is 6.42 Å². The molecule has 2 N–H and O–H groups in total. The van der Waals surface area contributed by atoms with Crippen LogP contribution in [0.4, 0.5) is 4.39 Å². The molecule has 0 aromatic heterocycles. The number of hydrogen-bond donors (Lipinski definition) is 1. The summed E-state index contributed by atoms with van der Waals surface area (Å²) >= 11 is 0. The molecule has 0 radical (unpaired) electrons. The van der Waals surface area contributed by atoms with Gasteiger partial charge in [0.2, 0.25) is 0 Å². The zero-order chi connectivity index (χ0) is 11.3. The molecule has 0 aliphatic heterocycles. The Kier molecular flexibility index (Phi) is 4.09. The average molecular weight is 211 g/mol. The van der Waals surface area contributed by atoms with Gasteiger partial charge in [0.15, 0.2) is 0 Å². The molecule has 0 bridgehead atoms. The Balaban J connectivity index is 2.38. The third-order valence-electron chi connectivity index (χ3n) is 2.40. The number of ether oxygens (including phenoxy) is 1. The van der Waals surface area contributed by atoms with Gasteiger partial charge in [-0.2, -0.15) is 0 Å². The summed E-state index contributed by atoms with van der Waals surface area (Å²) in [5.41, 5.74) is 5.67. The zero-order valence-corrected chi connectivity index (χ0v) is 9.29. The maximum absolute atomic E-state index is 12.8. The Morgan fingerprint density at radius 2 is 2.13 bits per heavy atom. The van der Waals surface area contributed by atoms with E-state index in [4.69, 9.17) is 10.5 Å². The topological polar surface area (TPSA) is 35.2 Å². The Morgan fingerprint density at radius 1 is 1.40 bits per heavy atom. The normalized spacial score (nSPS) is 11.5. The lowest BCUT2D eigenvalue weighted by atomic mass is 9.90. The summed E-state index contributed by atoms with van der Waals surface area (Å²) in [5, 5.41) is 0. The second kappa shape index (κ2) is 5.12. The van der Waals surface area contributed by atoms with Crippen molar-refractivity contribution >= 4 is 0 Å². The highest BCUT2D eigenvalue weighted by Crippen LogP contribution is 2.19. The number of hydrogen-bond acceptors (Lipinski definition) is 2. The molecule has 2 nitrogen and oxygen atoms in total. The van der Waals surface area contributed by atoms with E-state index >= 15 is 0 Å². The molecule has 0 spiro atoms. The maximum Gasteiger partial charge on any atom is 0.126 e. The predicted octanol–water partition coefficient (Wildman–Crippen LogP) is 2.58. The first-order chi connectivity index (χ1) is 7.03. The van der Waals surface area contributed by atoms with Crippen molar-refractivity contribution in [2.75, 3.05) is 13.2 Å². The minimum atomic E-state index is -0.273. The molecule has 0 heterocycles. The summed E-state index contributed by atoms with van der Waals surface area (Å²) in [6.07, 6.45) is 0.861. The zero-order valence-electron chi connectivity index (χ0n) is 9.29. The van der Waals surface area contributed by atoms with Crippen LogP contribution in [0.3, 0.4) is 0 Å². The first kappa shape index (κ1) is 12.0. The molecule has 1 aromatic carbocycles. The fraction of sp³-hybridized carbons (Fsp3) is 0.500. The molecule has 1 aromatic rings. The van der Waals surface area contributed by atoms with Crippen LogP contribution in [0.5, 0.6) is 5.75 Å². The lowest BCUT2D eigenvalue weighted by Crippen LogP contribution is -2.25. The van der Waals surface area contributed by atoms with Crippen molar-refractivity contribution < 1.29 is 9.13 Å². The lowest BCUT2D eigenvalue weighted by molar-refractivity contribution is 0.233. The van der Waals surface area contributed by atoms with Gasteiger partial charge < -0.3 is 10.5 Å². The molecule has 0 saturated heterocycles. The van der Waals surface area contributed by atoms with Crippen LogP contribution in [0, 0.1) is 11.2 Å². The smallest absolute Gasteiger partial charge is 0.126 e. The van der Waals surface area contributed by atoms with Crippen LogP contribution in [0.15, 0.2) is 24.3 Å². The van der Waals surface area contributed by atoms with Crippen LogP contribution in [0.1, 0.15) is 20.3 Å². The van der Waals surface area contributed by atoms with Crippen LogP contribution in [0.25, 0.3) is 0 Å². The largest absolute Gasteiger partial charge is 0.493 e. The van der Waals surface area contributed by atoms with Gasteiger partial charge in [-0.3, -0.25) is 0 Å². The van der Waals surface area contributed by atoms with Gasteiger partial charge >= 0.3 is 0 Å². The first-order valence-electron chi connectivity index (χ1n) is 5.12. The first-order valence-corrected chi connectivity index (χ1v) is 5.12.